The molecule has 0 spiro atoms. The second-order valence-corrected chi connectivity index (χ2v) is 9.43. The first-order chi connectivity index (χ1) is 14.3. The molecule has 0 unspecified atom stereocenters. The fourth-order valence-electron chi connectivity index (χ4n) is 3.71. The van der Waals surface area contributed by atoms with Gasteiger partial charge in [0.05, 0.1) is 10.6 Å². The summed E-state index contributed by atoms with van der Waals surface area (Å²) in [4.78, 5) is 14.6. The van der Waals surface area contributed by atoms with E-state index in [1.807, 2.05) is 55.1 Å². The first-order valence-electron chi connectivity index (χ1n) is 9.84. The number of rotatable bonds is 4. The molecule has 1 saturated heterocycles. The van der Waals surface area contributed by atoms with E-state index in [0.29, 0.717) is 42.6 Å². The van der Waals surface area contributed by atoms with E-state index in [0.717, 1.165) is 11.1 Å². The molecule has 1 aliphatic rings. The maximum absolute atomic E-state index is 13.1. The molecular weight excluding hydrogens is 400 g/mol. The SMILES string of the molecule is Cc1cc(C)cc(S(=O)(=O)N2CCN(c3ccc(=O)n(-c4ccccc4)n3)CC2)c1. The second-order valence-electron chi connectivity index (χ2n) is 7.49. The van der Waals surface area contributed by atoms with Gasteiger partial charge in [0.25, 0.3) is 5.56 Å². The highest BCUT2D eigenvalue weighted by molar-refractivity contribution is 7.89. The standard InChI is InChI=1S/C22H24N4O3S/c1-17-14-18(2)16-20(15-17)30(28,29)25-12-10-24(11-13-25)21-8-9-22(27)26(23-21)19-6-4-3-5-7-19/h3-9,14-16H,10-13H2,1-2H3. The van der Waals surface area contributed by atoms with Crippen LogP contribution in [0.25, 0.3) is 5.69 Å². The minimum absolute atomic E-state index is 0.207. The van der Waals surface area contributed by atoms with Gasteiger partial charge in [-0.05, 0) is 55.3 Å². The Morgan fingerprint density at radius 1 is 0.833 bits per heavy atom. The van der Waals surface area contributed by atoms with E-state index in [9.17, 15) is 13.2 Å². The number of hydrogen-bond acceptors (Lipinski definition) is 5. The molecule has 0 N–H and O–H groups in total. The zero-order chi connectivity index (χ0) is 21.3. The summed E-state index contributed by atoms with van der Waals surface area (Å²) in [5, 5.41) is 4.50. The number of hydrogen-bond donors (Lipinski definition) is 0. The number of nitrogens with zero attached hydrogens (tertiary/aromatic N) is 4. The highest BCUT2D eigenvalue weighted by Gasteiger charge is 2.29. The summed E-state index contributed by atoms with van der Waals surface area (Å²) >= 11 is 0. The monoisotopic (exact) mass is 424 g/mol. The molecule has 0 radical (unpaired) electrons. The van der Waals surface area contributed by atoms with Crippen LogP contribution in [-0.4, -0.2) is 48.7 Å². The van der Waals surface area contributed by atoms with Crippen LogP contribution >= 0.6 is 0 Å². The Balaban J connectivity index is 1.53. The van der Waals surface area contributed by atoms with Gasteiger partial charge in [0.15, 0.2) is 0 Å². The first kappa shape index (κ1) is 20.3. The molecular formula is C22H24N4O3S. The third-order valence-electron chi connectivity index (χ3n) is 5.18. The van der Waals surface area contributed by atoms with Crippen LogP contribution in [0.3, 0.4) is 0 Å². The topological polar surface area (TPSA) is 75.5 Å². The van der Waals surface area contributed by atoms with Gasteiger partial charge in [-0.1, -0.05) is 24.3 Å². The number of aryl methyl sites for hydroxylation is 2. The molecule has 0 amide bonds. The number of para-hydroxylation sites is 1. The molecule has 0 aliphatic carbocycles. The van der Waals surface area contributed by atoms with Crippen LogP contribution in [0.2, 0.25) is 0 Å². The molecule has 1 aromatic heterocycles. The number of aromatic nitrogens is 2. The number of sulfonamides is 1. The first-order valence-corrected chi connectivity index (χ1v) is 11.3. The van der Waals surface area contributed by atoms with E-state index >= 15 is 0 Å². The van der Waals surface area contributed by atoms with Gasteiger partial charge in [0.1, 0.15) is 5.82 Å². The van der Waals surface area contributed by atoms with Crippen molar-refractivity contribution in [1.82, 2.24) is 14.1 Å². The molecule has 8 heteroatoms. The second kappa shape index (κ2) is 8.04. The van der Waals surface area contributed by atoms with Crippen molar-refractivity contribution in [2.45, 2.75) is 18.7 Å². The fourth-order valence-corrected chi connectivity index (χ4v) is 5.32. The highest BCUT2D eigenvalue weighted by atomic mass is 32.2. The number of anilines is 1. The summed E-state index contributed by atoms with van der Waals surface area (Å²) < 4.78 is 29.0. The molecule has 7 nitrogen and oxygen atoms in total. The lowest BCUT2D eigenvalue weighted by atomic mass is 10.2. The molecule has 0 atom stereocenters. The number of piperazine rings is 1. The molecule has 1 aliphatic heterocycles. The molecule has 2 aromatic carbocycles. The normalized spacial score (nSPS) is 15.3. The average molecular weight is 425 g/mol. The smallest absolute Gasteiger partial charge is 0.271 e. The molecule has 2 heterocycles. The third kappa shape index (κ3) is 4.01. The van der Waals surface area contributed by atoms with Crippen LogP contribution in [-0.2, 0) is 10.0 Å². The van der Waals surface area contributed by atoms with E-state index in [1.54, 1.807) is 18.2 Å². The lowest BCUT2D eigenvalue weighted by molar-refractivity contribution is 0.383. The Hall–Kier alpha value is -2.97. The number of benzene rings is 2. The van der Waals surface area contributed by atoms with Crippen molar-refractivity contribution in [3.8, 4) is 5.69 Å². The van der Waals surface area contributed by atoms with Gasteiger partial charge in [-0.3, -0.25) is 4.79 Å². The van der Waals surface area contributed by atoms with Crippen molar-refractivity contribution < 1.29 is 8.42 Å². The molecule has 156 valence electrons. The van der Waals surface area contributed by atoms with Crippen molar-refractivity contribution in [3.63, 3.8) is 0 Å². The van der Waals surface area contributed by atoms with Crippen LogP contribution < -0.4 is 10.5 Å². The van der Waals surface area contributed by atoms with Crippen LogP contribution in [0.4, 0.5) is 5.82 Å². The molecule has 30 heavy (non-hydrogen) atoms. The van der Waals surface area contributed by atoms with Crippen molar-refractivity contribution in [3.05, 3.63) is 82.1 Å². The van der Waals surface area contributed by atoms with Gasteiger partial charge in [0.2, 0.25) is 10.0 Å². The van der Waals surface area contributed by atoms with Crippen LogP contribution in [0, 0.1) is 13.8 Å². The summed E-state index contributed by atoms with van der Waals surface area (Å²) in [5.41, 5.74) is 2.35. The molecule has 3 aromatic rings. The zero-order valence-electron chi connectivity index (χ0n) is 17.0. The van der Waals surface area contributed by atoms with E-state index in [-0.39, 0.29) is 5.56 Å². The summed E-state index contributed by atoms with van der Waals surface area (Å²) in [6, 6.07) is 17.8. The van der Waals surface area contributed by atoms with Crippen molar-refractivity contribution in [2.24, 2.45) is 0 Å². The summed E-state index contributed by atoms with van der Waals surface area (Å²) in [6.45, 7) is 5.53. The van der Waals surface area contributed by atoms with Gasteiger partial charge in [-0.15, -0.1) is 5.10 Å². The summed E-state index contributed by atoms with van der Waals surface area (Å²) in [7, 11) is -3.54. The maximum atomic E-state index is 13.1. The van der Waals surface area contributed by atoms with Crippen molar-refractivity contribution in [1.29, 1.82) is 0 Å². The predicted molar refractivity (Wildman–Crippen MR) is 117 cm³/mol. The lowest BCUT2D eigenvalue weighted by Crippen LogP contribution is -2.49. The van der Waals surface area contributed by atoms with Crippen LogP contribution in [0.5, 0.6) is 0 Å². The molecule has 0 bridgehead atoms. The predicted octanol–water partition coefficient (Wildman–Crippen LogP) is 2.36. The third-order valence-corrected chi connectivity index (χ3v) is 7.06. The highest BCUT2D eigenvalue weighted by Crippen LogP contribution is 2.22. The van der Waals surface area contributed by atoms with Gasteiger partial charge < -0.3 is 4.90 Å². The van der Waals surface area contributed by atoms with E-state index in [2.05, 4.69) is 5.10 Å². The summed E-state index contributed by atoms with van der Waals surface area (Å²) in [6.07, 6.45) is 0. The van der Waals surface area contributed by atoms with Gasteiger partial charge >= 0.3 is 0 Å². The van der Waals surface area contributed by atoms with Crippen molar-refractivity contribution in [2.75, 3.05) is 31.1 Å². The van der Waals surface area contributed by atoms with E-state index in [1.165, 1.54) is 15.1 Å². The quantitative estimate of drug-likeness (QED) is 0.643. The minimum atomic E-state index is -3.54. The van der Waals surface area contributed by atoms with Crippen LogP contribution in [0.1, 0.15) is 11.1 Å². The maximum Gasteiger partial charge on any atom is 0.271 e. The van der Waals surface area contributed by atoms with Gasteiger partial charge in [-0.2, -0.15) is 8.99 Å². The zero-order valence-corrected chi connectivity index (χ0v) is 17.8. The van der Waals surface area contributed by atoms with Crippen LogP contribution in [0.15, 0.2) is 70.4 Å². The van der Waals surface area contributed by atoms with Crippen molar-refractivity contribution >= 4 is 15.8 Å². The molecule has 0 saturated carbocycles. The van der Waals surface area contributed by atoms with E-state index in [4.69, 9.17) is 0 Å². The fraction of sp³-hybridized carbons (Fsp3) is 0.273. The Morgan fingerprint density at radius 2 is 1.47 bits per heavy atom. The minimum Gasteiger partial charge on any atom is -0.353 e. The van der Waals surface area contributed by atoms with E-state index < -0.39 is 10.0 Å². The molecule has 1 fully saturated rings. The Kier molecular flexibility index (Phi) is 5.44. The average Bonchev–Trinajstić information content (AvgIpc) is 2.74. The Bertz CT molecular complexity index is 1190. The largest absolute Gasteiger partial charge is 0.353 e. The molecule has 4 rings (SSSR count). The Labute approximate surface area is 176 Å². The lowest BCUT2D eigenvalue weighted by Gasteiger charge is -2.34. The summed E-state index contributed by atoms with van der Waals surface area (Å²) in [5.74, 6) is 0.655. The van der Waals surface area contributed by atoms with Gasteiger partial charge in [0, 0.05) is 32.2 Å². The van der Waals surface area contributed by atoms with Gasteiger partial charge in [-0.25, -0.2) is 8.42 Å². The Morgan fingerprint density at radius 3 is 2.10 bits per heavy atom.